The predicted molar refractivity (Wildman–Crippen MR) is 100 cm³/mol. The Bertz CT molecular complexity index is 1050. The van der Waals surface area contributed by atoms with Gasteiger partial charge in [0.25, 0.3) is 5.91 Å². The van der Waals surface area contributed by atoms with Crippen LogP contribution in [0, 0.1) is 0 Å². The fraction of sp³-hybridized carbons (Fsp3) is 0.222. The fourth-order valence-corrected chi connectivity index (χ4v) is 3.82. The second-order valence-corrected chi connectivity index (χ2v) is 6.66. The molecule has 0 saturated carbocycles. The van der Waals surface area contributed by atoms with Gasteiger partial charge >= 0.3 is 0 Å². The van der Waals surface area contributed by atoms with Crippen molar-refractivity contribution < 1.29 is 19.1 Å². The lowest BCUT2D eigenvalue weighted by molar-refractivity contribution is -0.120. The molecule has 2 aromatic carbocycles. The highest BCUT2D eigenvalue weighted by Crippen LogP contribution is 2.42. The van der Waals surface area contributed by atoms with E-state index in [0.29, 0.717) is 11.5 Å². The summed E-state index contributed by atoms with van der Waals surface area (Å²) in [4.78, 5) is 23.2. The van der Waals surface area contributed by atoms with Crippen LogP contribution < -0.4 is 20.5 Å². The second kappa shape index (κ2) is 6.84. The molecular weight excluding hydrogens is 368 g/mol. The maximum absolute atomic E-state index is 12.2. The molecule has 1 aliphatic heterocycles. The van der Waals surface area contributed by atoms with Gasteiger partial charge in [0, 0.05) is 23.6 Å². The Morgan fingerprint density at radius 2 is 2.15 bits per heavy atom. The molecule has 0 saturated heterocycles. The molecule has 27 heavy (non-hydrogen) atoms. The number of methoxy groups -OCH3 is 1. The first-order valence-corrected chi connectivity index (χ1v) is 8.94. The highest BCUT2D eigenvalue weighted by atomic mass is 32.1. The van der Waals surface area contributed by atoms with E-state index >= 15 is 0 Å². The molecule has 0 bridgehead atoms. The van der Waals surface area contributed by atoms with Gasteiger partial charge < -0.3 is 20.5 Å². The summed E-state index contributed by atoms with van der Waals surface area (Å²) in [6.45, 7) is -0.241. The number of carbonyl (C=O) groups excluding carboxylic acids is 2. The predicted octanol–water partition coefficient (Wildman–Crippen LogP) is 2.04. The third-order valence-electron chi connectivity index (χ3n) is 4.44. The van der Waals surface area contributed by atoms with Crippen LogP contribution in [-0.4, -0.2) is 34.3 Å². The van der Waals surface area contributed by atoms with E-state index in [1.807, 2.05) is 24.3 Å². The summed E-state index contributed by atoms with van der Waals surface area (Å²) in [6, 6.07) is 9.07. The van der Waals surface area contributed by atoms with Crippen molar-refractivity contribution in [3.8, 4) is 11.5 Å². The molecule has 3 aromatic rings. The molecule has 138 valence electrons. The van der Waals surface area contributed by atoms with Gasteiger partial charge in [-0.15, -0.1) is 0 Å². The van der Waals surface area contributed by atoms with Gasteiger partial charge in [0.1, 0.15) is 11.0 Å². The molecule has 4 rings (SSSR count). The van der Waals surface area contributed by atoms with E-state index in [-0.39, 0.29) is 24.9 Å². The van der Waals surface area contributed by atoms with Gasteiger partial charge in [-0.05, 0) is 29.8 Å². The number of ether oxygens (including phenoxy) is 2. The zero-order chi connectivity index (χ0) is 19.0. The second-order valence-electron chi connectivity index (χ2n) is 6.13. The zero-order valence-corrected chi connectivity index (χ0v) is 15.2. The number of benzene rings is 2. The monoisotopic (exact) mass is 384 g/mol. The molecule has 8 nitrogen and oxygen atoms in total. The van der Waals surface area contributed by atoms with Gasteiger partial charge in [-0.25, -0.2) is 0 Å². The number of hydrogen-bond acceptors (Lipinski definition) is 7. The lowest BCUT2D eigenvalue weighted by Gasteiger charge is -2.26. The summed E-state index contributed by atoms with van der Waals surface area (Å²) in [5.41, 5.74) is 9.28. The van der Waals surface area contributed by atoms with E-state index in [9.17, 15) is 9.59 Å². The number of nitrogens with two attached hydrogens (primary N) is 1. The SMILES string of the molecule is COc1cc(C2CC(=O)Nc3ccc4nsnc4c32)ccc1OCC(N)=O. The number of primary amides is 1. The molecule has 2 amide bonds. The van der Waals surface area contributed by atoms with Crippen molar-refractivity contribution in [1.29, 1.82) is 0 Å². The first kappa shape index (κ1) is 17.2. The van der Waals surface area contributed by atoms with Crippen LogP contribution in [-0.2, 0) is 9.59 Å². The summed E-state index contributed by atoms with van der Waals surface area (Å²) in [7, 11) is 1.51. The number of anilines is 1. The van der Waals surface area contributed by atoms with Crippen molar-refractivity contribution in [3.05, 3.63) is 41.5 Å². The molecule has 0 radical (unpaired) electrons. The average molecular weight is 384 g/mol. The first-order chi connectivity index (χ1) is 13.1. The normalized spacial score (nSPS) is 15.9. The molecule has 1 aromatic heterocycles. The van der Waals surface area contributed by atoms with Crippen LogP contribution in [0.1, 0.15) is 23.5 Å². The van der Waals surface area contributed by atoms with Crippen molar-refractivity contribution >= 4 is 40.3 Å². The Morgan fingerprint density at radius 3 is 2.93 bits per heavy atom. The van der Waals surface area contributed by atoms with E-state index < -0.39 is 5.91 Å². The van der Waals surface area contributed by atoms with Crippen molar-refractivity contribution in [2.75, 3.05) is 19.0 Å². The van der Waals surface area contributed by atoms with E-state index in [0.717, 1.165) is 39.6 Å². The Labute approximate surface area is 158 Å². The fourth-order valence-electron chi connectivity index (χ4n) is 3.28. The minimum absolute atomic E-state index is 0.0666. The van der Waals surface area contributed by atoms with Crippen LogP contribution in [0.3, 0.4) is 0 Å². The number of rotatable bonds is 5. The molecular formula is C18H16N4O4S. The molecule has 0 fully saturated rings. The Hall–Kier alpha value is -3.20. The van der Waals surface area contributed by atoms with Gasteiger partial charge in [-0.3, -0.25) is 9.59 Å². The van der Waals surface area contributed by atoms with Crippen LogP contribution in [0.25, 0.3) is 11.0 Å². The Balaban J connectivity index is 1.79. The van der Waals surface area contributed by atoms with Crippen molar-refractivity contribution in [3.63, 3.8) is 0 Å². The lowest BCUT2D eigenvalue weighted by atomic mass is 9.84. The number of nitrogens with zero attached hydrogens (tertiary/aromatic N) is 2. The highest BCUT2D eigenvalue weighted by Gasteiger charge is 2.30. The number of hydrogen-bond donors (Lipinski definition) is 2. The number of fused-ring (bicyclic) bond motifs is 3. The molecule has 1 unspecified atom stereocenters. The van der Waals surface area contributed by atoms with E-state index in [4.69, 9.17) is 15.2 Å². The summed E-state index contributed by atoms with van der Waals surface area (Å²) in [6.07, 6.45) is 0.286. The first-order valence-electron chi connectivity index (χ1n) is 8.21. The van der Waals surface area contributed by atoms with E-state index in [1.165, 1.54) is 7.11 Å². The number of nitrogens with one attached hydrogen (secondary N) is 1. The van der Waals surface area contributed by atoms with Gasteiger partial charge in [0.2, 0.25) is 5.91 Å². The number of carbonyl (C=O) groups is 2. The van der Waals surface area contributed by atoms with Gasteiger partial charge in [0.05, 0.1) is 18.8 Å². The van der Waals surface area contributed by atoms with Gasteiger partial charge in [0.15, 0.2) is 18.1 Å². The van der Waals surface area contributed by atoms with Crippen molar-refractivity contribution in [2.45, 2.75) is 12.3 Å². The molecule has 0 spiro atoms. The minimum Gasteiger partial charge on any atom is -0.493 e. The van der Waals surface area contributed by atoms with Crippen LogP contribution >= 0.6 is 11.7 Å². The van der Waals surface area contributed by atoms with Crippen LogP contribution in [0.15, 0.2) is 30.3 Å². The molecule has 1 aliphatic rings. The largest absolute Gasteiger partial charge is 0.493 e. The smallest absolute Gasteiger partial charge is 0.255 e. The summed E-state index contributed by atoms with van der Waals surface area (Å²) in [5, 5.41) is 2.90. The number of aromatic nitrogens is 2. The zero-order valence-electron chi connectivity index (χ0n) is 14.4. The maximum atomic E-state index is 12.2. The minimum atomic E-state index is -0.572. The number of amides is 2. The third-order valence-corrected chi connectivity index (χ3v) is 4.98. The summed E-state index contributed by atoms with van der Waals surface area (Å²) in [5.74, 6) is 0.0415. The van der Waals surface area contributed by atoms with Gasteiger partial charge in [-0.1, -0.05) is 6.07 Å². The van der Waals surface area contributed by atoms with E-state index in [2.05, 4.69) is 14.1 Å². The average Bonchev–Trinajstić information content (AvgIpc) is 3.14. The van der Waals surface area contributed by atoms with Crippen molar-refractivity contribution in [1.82, 2.24) is 8.75 Å². The van der Waals surface area contributed by atoms with Crippen LogP contribution in [0.5, 0.6) is 11.5 Å². The highest BCUT2D eigenvalue weighted by molar-refractivity contribution is 7.00. The summed E-state index contributed by atoms with van der Waals surface area (Å²) < 4.78 is 19.5. The molecule has 0 aliphatic carbocycles. The maximum Gasteiger partial charge on any atom is 0.255 e. The molecule has 9 heteroatoms. The Morgan fingerprint density at radius 1 is 1.30 bits per heavy atom. The van der Waals surface area contributed by atoms with E-state index in [1.54, 1.807) is 6.07 Å². The van der Waals surface area contributed by atoms with Crippen molar-refractivity contribution in [2.24, 2.45) is 5.73 Å². The molecule has 1 atom stereocenters. The Kier molecular flexibility index (Phi) is 4.36. The quantitative estimate of drug-likeness (QED) is 0.695. The standard InChI is InChI=1S/C18H16N4O4S/c1-25-14-6-9(2-5-13(14)26-8-15(19)23)10-7-16(24)20-11-3-4-12-18(17(10)11)22-27-21-12/h2-6,10H,7-8H2,1H3,(H2,19,23)(H,20,24). The van der Waals surface area contributed by atoms with Gasteiger partial charge in [-0.2, -0.15) is 8.75 Å². The lowest BCUT2D eigenvalue weighted by Crippen LogP contribution is -2.24. The molecule has 3 N–H and O–H groups in total. The third kappa shape index (κ3) is 3.17. The van der Waals surface area contributed by atoms with Crippen LogP contribution in [0.2, 0.25) is 0 Å². The van der Waals surface area contributed by atoms with Crippen LogP contribution in [0.4, 0.5) is 5.69 Å². The molecule has 2 heterocycles. The topological polar surface area (TPSA) is 116 Å². The summed E-state index contributed by atoms with van der Waals surface area (Å²) >= 11 is 1.14.